The lowest BCUT2D eigenvalue weighted by molar-refractivity contribution is -0.133. The summed E-state index contributed by atoms with van der Waals surface area (Å²) in [5.74, 6) is -1.39. The number of ketones is 1. The zero-order valence-corrected chi connectivity index (χ0v) is 13.8. The van der Waals surface area contributed by atoms with E-state index in [1.807, 2.05) is 19.9 Å². The fourth-order valence-electron chi connectivity index (χ4n) is 2.94. The lowest BCUT2D eigenvalue weighted by Gasteiger charge is -2.33. The molecule has 0 radical (unpaired) electrons. The molecular weight excluding hydrogens is 322 g/mol. The summed E-state index contributed by atoms with van der Waals surface area (Å²) in [6.07, 6.45) is -0.547. The summed E-state index contributed by atoms with van der Waals surface area (Å²) >= 11 is 6.17. The normalized spacial score (nSPS) is 30.7. The Kier molecular flexibility index (Phi) is 4.33. The SMILES string of the molecule is COCC1NC2NN(c3nc(C)cc(C)n3)C(=O)C2C(=O)C1Cl. The van der Waals surface area contributed by atoms with E-state index in [-0.39, 0.29) is 24.4 Å². The molecule has 2 aliphatic heterocycles. The van der Waals surface area contributed by atoms with Gasteiger partial charge in [-0.25, -0.2) is 20.4 Å². The number of nitrogens with zero attached hydrogens (tertiary/aromatic N) is 3. The quantitative estimate of drug-likeness (QED) is 0.575. The number of carbonyl (C=O) groups excluding carboxylic acids is 2. The maximum absolute atomic E-state index is 12.6. The van der Waals surface area contributed by atoms with E-state index in [9.17, 15) is 9.59 Å². The second-order valence-electron chi connectivity index (χ2n) is 5.74. The molecule has 0 bridgehead atoms. The number of aryl methyl sites for hydroxylation is 2. The van der Waals surface area contributed by atoms with E-state index in [1.165, 1.54) is 12.1 Å². The Labute approximate surface area is 138 Å². The van der Waals surface area contributed by atoms with Gasteiger partial charge in [0, 0.05) is 18.5 Å². The van der Waals surface area contributed by atoms with Gasteiger partial charge in [-0.05, 0) is 19.9 Å². The molecule has 1 aromatic rings. The summed E-state index contributed by atoms with van der Waals surface area (Å²) in [6, 6.07) is 1.44. The molecule has 2 fully saturated rings. The number of carbonyl (C=O) groups is 2. The van der Waals surface area contributed by atoms with Crippen molar-refractivity contribution in [1.29, 1.82) is 0 Å². The summed E-state index contributed by atoms with van der Waals surface area (Å²) in [6.45, 7) is 3.91. The molecule has 124 valence electrons. The maximum Gasteiger partial charge on any atom is 0.257 e. The molecule has 9 heteroatoms. The van der Waals surface area contributed by atoms with Gasteiger partial charge >= 0.3 is 0 Å². The van der Waals surface area contributed by atoms with Crippen molar-refractivity contribution in [3.8, 4) is 0 Å². The minimum absolute atomic E-state index is 0.228. The number of anilines is 1. The van der Waals surface area contributed by atoms with Gasteiger partial charge in [0.2, 0.25) is 5.95 Å². The highest BCUT2D eigenvalue weighted by Crippen LogP contribution is 2.28. The third-order valence-electron chi connectivity index (χ3n) is 3.93. The van der Waals surface area contributed by atoms with Crippen LogP contribution in [0.2, 0.25) is 0 Å². The lowest BCUT2D eigenvalue weighted by atomic mass is 9.90. The van der Waals surface area contributed by atoms with E-state index in [0.717, 1.165) is 11.4 Å². The summed E-state index contributed by atoms with van der Waals surface area (Å²) in [5, 5.41) is 3.55. The average molecular weight is 340 g/mol. The van der Waals surface area contributed by atoms with E-state index < -0.39 is 23.4 Å². The third kappa shape index (κ3) is 2.83. The second kappa shape index (κ2) is 6.12. The van der Waals surface area contributed by atoms with Gasteiger partial charge < -0.3 is 4.74 Å². The van der Waals surface area contributed by atoms with Gasteiger partial charge in [-0.3, -0.25) is 14.9 Å². The molecule has 0 saturated carbocycles. The second-order valence-corrected chi connectivity index (χ2v) is 6.21. The van der Waals surface area contributed by atoms with Crippen LogP contribution in [0.15, 0.2) is 6.07 Å². The molecule has 0 aromatic carbocycles. The number of nitrogens with one attached hydrogen (secondary N) is 2. The molecular formula is C14H18ClN5O3. The van der Waals surface area contributed by atoms with Gasteiger partial charge in [0.15, 0.2) is 5.78 Å². The van der Waals surface area contributed by atoms with Crippen molar-refractivity contribution < 1.29 is 14.3 Å². The molecule has 1 aromatic heterocycles. The Balaban J connectivity index is 1.88. The Morgan fingerprint density at radius 2 is 1.96 bits per heavy atom. The van der Waals surface area contributed by atoms with Crippen LogP contribution in [0.5, 0.6) is 0 Å². The molecule has 3 heterocycles. The first-order chi connectivity index (χ1) is 10.9. The highest BCUT2D eigenvalue weighted by atomic mass is 35.5. The van der Waals surface area contributed by atoms with Gasteiger partial charge in [0.05, 0.1) is 18.8 Å². The Morgan fingerprint density at radius 3 is 2.57 bits per heavy atom. The number of alkyl halides is 1. The molecule has 2 aliphatic rings. The maximum atomic E-state index is 12.6. The summed E-state index contributed by atoms with van der Waals surface area (Å²) in [4.78, 5) is 33.6. The highest BCUT2D eigenvalue weighted by Gasteiger charge is 2.53. The van der Waals surface area contributed by atoms with E-state index in [2.05, 4.69) is 20.7 Å². The number of piperidine rings is 1. The van der Waals surface area contributed by atoms with Crippen LogP contribution in [0, 0.1) is 19.8 Å². The minimum Gasteiger partial charge on any atom is -0.383 e. The molecule has 8 nitrogen and oxygen atoms in total. The summed E-state index contributed by atoms with van der Waals surface area (Å²) in [5.41, 5.74) is 4.44. The smallest absolute Gasteiger partial charge is 0.257 e. The van der Waals surface area contributed by atoms with E-state index in [4.69, 9.17) is 16.3 Å². The number of rotatable bonds is 3. The molecule has 4 unspecified atom stereocenters. The number of fused-ring (bicyclic) bond motifs is 1. The fourth-order valence-corrected chi connectivity index (χ4v) is 3.22. The first-order valence-electron chi connectivity index (χ1n) is 7.27. The Hall–Kier alpha value is -1.61. The van der Waals surface area contributed by atoms with Crippen LogP contribution in [0.3, 0.4) is 0 Å². The molecule has 4 atom stereocenters. The summed E-state index contributed by atoms with van der Waals surface area (Å²) < 4.78 is 5.07. The van der Waals surface area contributed by atoms with Crippen LogP contribution in [0.4, 0.5) is 5.95 Å². The largest absolute Gasteiger partial charge is 0.383 e. The van der Waals surface area contributed by atoms with E-state index in [1.54, 1.807) is 0 Å². The van der Waals surface area contributed by atoms with Gasteiger partial charge in [0.1, 0.15) is 11.3 Å². The van der Waals surface area contributed by atoms with Crippen molar-refractivity contribution in [3.05, 3.63) is 17.5 Å². The number of methoxy groups -OCH3 is 1. The van der Waals surface area contributed by atoms with Crippen molar-refractivity contribution in [1.82, 2.24) is 20.7 Å². The molecule has 3 rings (SSSR count). The van der Waals surface area contributed by atoms with Gasteiger partial charge in [-0.1, -0.05) is 0 Å². The average Bonchev–Trinajstić information content (AvgIpc) is 2.80. The first kappa shape index (κ1) is 16.3. The Morgan fingerprint density at radius 1 is 1.30 bits per heavy atom. The van der Waals surface area contributed by atoms with Crippen LogP contribution in [0.1, 0.15) is 11.4 Å². The number of hydrogen-bond acceptors (Lipinski definition) is 7. The summed E-state index contributed by atoms with van der Waals surface area (Å²) in [7, 11) is 1.53. The molecule has 0 spiro atoms. The molecule has 23 heavy (non-hydrogen) atoms. The van der Waals surface area contributed by atoms with Crippen LogP contribution >= 0.6 is 11.6 Å². The van der Waals surface area contributed by atoms with Crippen molar-refractivity contribution in [2.24, 2.45) is 5.92 Å². The van der Waals surface area contributed by atoms with Gasteiger partial charge in [0.25, 0.3) is 5.91 Å². The van der Waals surface area contributed by atoms with Crippen LogP contribution in [-0.4, -0.2) is 53.0 Å². The molecule has 1 amide bonds. The third-order valence-corrected chi connectivity index (χ3v) is 4.45. The molecule has 0 aliphatic carbocycles. The number of halogens is 1. The number of amides is 1. The molecule has 2 N–H and O–H groups in total. The number of aromatic nitrogens is 2. The lowest BCUT2D eigenvalue weighted by Crippen LogP contribution is -2.62. The fraction of sp³-hybridized carbons (Fsp3) is 0.571. The van der Waals surface area contributed by atoms with Crippen molar-refractivity contribution in [3.63, 3.8) is 0 Å². The first-order valence-corrected chi connectivity index (χ1v) is 7.71. The molecule has 2 saturated heterocycles. The monoisotopic (exact) mass is 339 g/mol. The predicted molar refractivity (Wildman–Crippen MR) is 82.9 cm³/mol. The topological polar surface area (TPSA) is 96.4 Å². The predicted octanol–water partition coefficient (Wildman–Crippen LogP) is -0.318. The number of Topliss-reactive ketones (excluding diaryl/α,β-unsaturated/α-hetero) is 1. The van der Waals surface area contributed by atoms with Crippen LogP contribution in [-0.2, 0) is 14.3 Å². The van der Waals surface area contributed by atoms with Crippen LogP contribution in [0.25, 0.3) is 0 Å². The van der Waals surface area contributed by atoms with Crippen LogP contribution < -0.4 is 15.8 Å². The standard InChI is InChI=1S/C14H18ClN5O3/c1-6-4-7(2)17-14(16-6)20-13(22)9-11(21)10(15)8(5-23-3)18-12(9)19-20/h4,8-10,12,18-19H,5H2,1-3H3. The van der Waals surface area contributed by atoms with E-state index in [0.29, 0.717) is 0 Å². The van der Waals surface area contributed by atoms with Crippen molar-refractivity contribution >= 4 is 29.2 Å². The number of hydrogen-bond donors (Lipinski definition) is 2. The number of ether oxygens (including phenoxy) is 1. The zero-order valence-electron chi connectivity index (χ0n) is 13.0. The van der Waals surface area contributed by atoms with E-state index >= 15 is 0 Å². The Bertz CT molecular complexity index is 635. The van der Waals surface area contributed by atoms with Crippen molar-refractivity contribution in [2.75, 3.05) is 18.7 Å². The van der Waals surface area contributed by atoms with Gasteiger partial charge in [-0.15, -0.1) is 11.6 Å². The van der Waals surface area contributed by atoms with Gasteiger partial charge in [-0.2, -0.15) is 0 Å². The highest BCUT2D eigenvalue weighted by molar-refractivity contribution is 6.34. The van der Waals surface area contributed by atoms with Crippen molar-refractivity contribution in [2.45, 2.75) is 31.4 Å². The minimum atomic E-state index is -0.893. The number of hydrazine groups is 1. The zero-order chi connectivity index (χ0) is 16.7.